The molecular weight excluding hydrogens is 166 g/mol. The van der Waals surface area contributed by atoms with E-state index < -0.39 is 5.97 Å². The third-order valence-corrected chi connectivity index (χ3v) is 2.06. The second kappa shape index (κ2) is 6.89. The zero-order valence-electron chi connectivity index (χ0n) is 8.84. The van der Waals surface area contributed by atoms with Gasteiger partial charge in [-0.25, -0.2) is 0 Å². The molecule has 0 saturated carbocycles. The summed E-state index contributed by atoms with van der Waals surface area (Å²) in [5.74, 6) is -0.491. The molecular formula is C10H21NO2. The van der Waals surface area contributed by atoms with E-state index in [1.807, 2.05) is 6.92 Å². The molecule has 0 aromatic carbocycles. The third-order valence-electron chi connectivity index (χ3n) is 2.06. The molecule has 3 heteroatoms. The minimum Gasteiger partial charge on any atom is -0.481 e. The summed E-state index contributed by atoms with van der Waals surface area (Å²) >= 11 is 0. The fourth-order valence-electron chi connectivity index (χ4n) is 1.31. The van der Waals surface area contributed by atoms with E-state index in [-0.39, 0.29) is 12.3 Å². The topological polar surface area (TPSA) is 49.3 Å². The number of nitrogens with one attached hydrogen (secondary N) is 1. The fraction of sp³-hybridized carbons (Fsp3) is 0.900. The molecule has 13 heavy (non-hydrogen) atoms. The second-order valence-electron chi connectivity index (χ2n) is 3.80. The molecule has 0 bridgehead atoms. The van der Waals surface area contributed by atoms with Gasteiger partial charge in [0.2, 0.25) is 0 Å². The van der Waals surface area contributed by atoms with E-state index in [0.717, 1.165) is 13.0 Å². The monoisotopic (exact) mass is 187 g/mol. The Balaban J connectivity index is 3.45. The summed E-state index contributed by atoms with van der Waals surface area (Å²) < 4.78 is 0. The van der Waals surface area contributed by atoms with Gasteiger partial charge in [0.05, 0.1) is 0 Å². The molecule has 0 rings (SSSR count). The molecule has 0 heterocycles. The van der Waals surface area contributed by atoms with Crippen molar-refractivity contribution in [3.63, 3.8) is 0 Å². The van der Waals surface area contributed by atoms with Gasteiger partial charge in [0, 0.05) is 12.5 Å². The van der Waals surface area contributed by atoms with Crippen LogP contribution in [0.1, 0.15) is 40.0 Å². The van der Waals surface area contributed by atoms with Gasteiger partial charge in [-0.15, -0.1) is 0 Å². The molecule has 2 unspecified atom stereocenters. The molecule has 2 N–H and O–H groups in total. The first kappa shape index (κ1) is 12.4. The van der Waals surface area contributed by atoms with Crippen LogP contribution in [0.3, 0.4) is 0 Å². The van der Waals surface area contributed by atoms with Crippen LogP contribution < -0.4 is 5.32 Å². The van der Waals surface area contributed by atoms with Crippen LogP contribution in [0.15, 0.2) is 0 Å². The number of hydrogen-bond donors (Lipinski definition) is 2. The van der Waals surface area contributed by atoms with Crippen molar-refractivity contribution < 1.29 is 9.90 Å². The highest BCUT2D eigenvalue weighted by Crippen LogP contribution is 2.01. The summed E-state index contributed by atoms with van der Waals surface area (Å²) in [6, 6.07) is 0.501. The Hall–Kier alpha value is -0.570. The molecule has 0 fully saturated rings. The lowest BCUT2D eigenvalue weighted by Crippen LogP contribution is -2.30. The minimum atomic E-state index is -0.711. The van der Waals surface area contributed by atoms with Crippen molar-refractivity contribution in [2.45, 2.75) is 46.1 Å². The van der Waals surface area contributed by atoms with Crippen LogP contribution in [-0.2, 0) is 4.79 Å². The summed E-state index contributed by atoms with van der Waals surface area (Å²) in [7, 11) is 0. The maximum atomic E-state index is 10.4. The van der Waals surface area contributed by atoms with Gasteiger partial charge in [-0.1, -0.05) is 20.3 Å². The van der Waals surface area contributed by atoms with E-state index in [4.69, 9.17) is 5.11 Å². The predicted octanol–water partition coefficient (Wildman–Crippen LogP) is 1.88. The summed E-state index contributed by atoms with van der Waals surface area (Å²) in [6.07, 6.45) is 2.58. The fourth-order valence-corrected chi connectivity index (χ4v) is 1.31. The lowest BCUT2D eigenvalue weighted by Gasteiger charge is -2.15. The number of carbonyl (C=O) groups is 1. The Bertz CT molecular complexity index is 148. The van der Waals surface area contributed by atoms with Gasteiger partial charge < -0.3 is 10.4 Å². The van der Waals surface area contributed by atoms with E-state index in [1.54, 1.807) is 0 Å². The Morgan fingerprint density at radius 1 is 1.46 bits per heavy atom. The van der Waals surface area contributed by atoms with E-state index in [9.17, 15) is 4.79 Å². The Labute approximate surface area is 80.5 Å². The van der Waals surface area contributed by atoms with Crippen LogP contribution in [0.25, 0.3) is 0 Å². The summed E-state index contributed by atoms with van der Waals surface area (Å²) in [5, 5.41) is 11.9. The third kappa shape index (κ3) is 7.78. The van der Waals surface area contributed by atoms with E-state index >= 15 is 0 Å². The van der Waals surface area contributed by atoms with Gasteiger partial charge >= 0.3 is 5.97 Å². The number of rotatable bonds is 7. The van der Waals surface area contributed by atoms with Crippen molar-refractivity contribution in [2.24, 2.45) is 5.92 Å². The average Bonchev–Trinajstić information content (AvgIpc) is 2.00. The molecule has 3 nitrogen and oxygen atoms in total. The van der Waals surface area contributed by atoms with E-state index in [0.29, 0.717) is 6.04 Å². The average molecular weight is 187 g/mol. The predicted molar refractivity (Wildman–Crippen MR) is 53.8 cm³/mol. The van der Waals surface area contributed by atoms with Crippen LogP contribution in [0.2, 0.25) is 0 Å². The van der Waals surface area contributed by atoms with E-state index in [2.05, 4.69) is 19.2 Å². The molecule has 0 aromatic heterocycles. The standard InChI is InChI=1S/C10H21NO2/c1-4-5-9(3)11-7-8(2)6-10(12)13/h8-9,11H,4-7H2,1-3H3,(H,12,13). The van der Waals surface area contributed by atoms with Crippen molar-refractivity contribution in [1.82, 2.24) is 5.32 Å². The van der Waals surface area contributed by atoms with Crippen LogP contribution in [0, 0.1) is 5.92 Å². The van der Waals surface area contributed by atoms with Crippen LogP contribution in [0.4, 0.5) is 0 Å². The molecule has 0 radical (unpaired) electrons. The van der Waals surface area contributed by atoms with Crippen molar-refractivity contribution in [1.29, 1.82) is 0 Å². The molecule has 0 aliphatic heterocycles. The Morgan fingerprint density at radius 2 is 2.08 bits per heavy atom. The summed E-state index contributed by atoms with van der Waals surface area (Å²) in [6.45, 7) is 7.04. The first-order valence-corrected chi connectivity index (χ1v) is 5.01. The van der Waals surface area contributed by atoms with Crippen molar-refractivity contribution >= 4 is 5.97 Å². The van der Waals surface area contributed by atoms with Crippen molar-refractivity contribution in [3.8, 4) is 0 Å². The first-order chi connectivity index (χ1) is 6.06. The smallest absolute Gasteiger partial charge is 0.303 e. The molecule has 0 spiro atoms. The zero-order chi connectivity index (χ0) is 10.3. The maximum absolute atomic E-state index is 10.4. The van der Waals surface area contributed by atoms with Crippen molar-refractivity contribution in [2.75, 3.05) is 6.54 Å². The van der Waals surface area contributed by atoms with Gasteiger partial charge in [0.15, 0.2) is 0 Å². The number of hydrogen-bond acceptors (Lipinski definition) is 2. The highest BCUT2D eigenvalue weighted by atomic mass is 16.4. The number of aliphatic carboxylic acids is 1. The molecule has 0 aliphatic rings. The first-order valence-electron chi connectivity index (χ1n) is 5.01. The molecule has 0 saturated heterocycles. The largest absolute Gasteiger partial charge is 0.481 e. The number of carboxylic acids is 1. The molecule has 0 aliphatic carbocycles. The van der Waals surface area contributed by atoms with Gasteiger partial charge in [-0.3, -0.25) is 4.79 Å². The molecule has 0 aromatic rings. The Morgan fingerprint density at radius 3 is 2.54 bits per heavy atom. The van der Waals surface area contributed by atoms with Crippen molar-refractivity contribution in [3.05, 3.63) is 0 Å². The van der Waals surface area contributed by atoms with Crippen LogP contribution in [0.5, 0.6) is 0 Å². The van der Waals surface area contributed by atoms with E-state index in [1.165, 1.54) is 6.42 Å². The normalized spacial score (nSPS) is 15.3. The molecule has 2 atom stereocenters. The van der Waals surface area contributed by atoms with Gasteiger partial charge in [0.25, 0.3) is 0 Å². The van der Waals surface area contributed by atoms with Gasteiger partial charge in [0.1, 0.15) is 0 Å². The lowest BCUT2D eigenvalue weighted by atomic mass is 10.1. The van der Waals surface area contributed by atoms with Crippen LogP contribution in [-0.4, -0.2) is 23.7 Å². The van der Waals surface area contributed by atoms with Gasteiger partial charge in [-0.05, 0) is 25.8 Å². The highest BCUT2D eigenvalue weighted by Gasteiger charge is 2.08. The molecule has 0 amide bonds. The lowest BCUT2D eigenvalue weighted by molar-refractivity contribution is -0.137. The summed E-state index contributed by atoms with van der Waals surface area (Å²) in [4.78, 5) is 10.4. The summed E-state index contributed by atoms with van der Waals surface area (Å²) in [5.41, 5.74) is 0. The van der Waals surface area contributed by atoms with Crippen LogP contribution >= 0.6 is 0 Å². The molecule has 78 valence electrons. The SMILES string of the molecule is CCCC(C)NCC(C)CC(=O)O. The maximum Gasteiger partial charge on any atom is 0.303 e. The Kier molecular flexibility index (Phi) is 6.59. The van der Waals surface area contributed by atoms with Gasteiger partial charge in [-0.2, -0.15) is 0 Å². The zero-order valence-corrected chi connectivity index (χ0v) is 8.84. The minimum absolute atomic E-state index is 0.219. The number of carboxylic acid groups (broad SMARTS) is 1. The quantitative estimate of drug-likeness (QED) is 0.639. The second-order valence-corrected chi connectivity index (χ2v) is 3.80. The highest BCUT2D eigenvalue weighted by molar-refractivity contribution is 5.66.